The minimum absolute atomic E-state index is 0.214. The maximum Gasteiger partial charge on any atom is 0.326 e. The number of carbonyl (C=O) groups is 1. The van der Waals surface area contributed by atoms with Crippen molar-refractivity contribution in [3.8, 4) is 0 Å². The molecule has 4 nitrogen and oxygen atoms in total. The number of likely N-dealkylation sites (tertiary alicyclic amines) is 1. The van der Waals surface area contributed by atoms with Gasteiger partial charge in [0.2, 0.25) is 0 Å². The standard InChI is InChI=1S/C13H24N2O2/c1-3-17-12(16)13(14)7-6-11(9-13)15-8-4-5-10(15)2/h10-11H,3-9,14H2,1-2H3. The van der Waals surface area contributed by atoms with Crippen LogP contribution in [0.5, 0.6) is 0 Å². The van der Waals surface area contributed by atoms with Gasteiger partial charge in [0.05, 0.1) is 6.61 Å². The van der Waals surface area contributed by atoms with Gasteiger partial charge in [-0.3, -0.25) is 9.69 Å². The van der Waals surface area contributed by atoms with Gasteiger partial charge in [-0.25, -0.2) is 0 Å². The molecule has 3 atom stereocenters. The number of esters is 1. The summed E-state index contributed by atoms with van der Waals surface area (Å²) in [7, 11) is 0. The smallest absolute Gasteiger partial charge is 0.326 e. The van der Waals surface area contributed by atoms with Gasteiger partial charge in [-0.2, -0.15) is 0 Å². The lowest BCUT2D eigenvalue weighted by molar-refractivity contribution is -0.149. The van der Waals surface area contributed by atoms with Crippen LogP contribution in [0.4, 0.5) is 0 Å². The molecule has 1 saturated carbocycles. The molecule has 1 saturated heterocycles. The van der Waals surface area contributed by atoms with Gasteiger partial charge in [-0.15, -0.1) is 0 Å². The molecular formula is C13H24N2O2. The van der Waals surface area contributed by atoms with Crippen LogP contribution in [0.15, 0.2) is 0 Å². The first-order valence-corrected chi connectivity index (χ1v) is 6.78. The topological polar surface area (TPSA) is 55.6 Å². The van der Waals surface area contributed by atoms with E-state index in [0.29, 0.717) is 18.7 Å². The summed E-state index contributed by atoms with van der Waals surface area (Å²) in [6.45, 7) is 5.68. The monoisotopic (exact) mass is 240 g/mol. The summed E-state index contributed by atoms with van der Waals surface area (Å²) in [6, 6.07) is 1.12. The van der Waals surface area contributed by atoms with Crippen molar-refractivity contribution in [2.24, 2.45) is 5.73 Å². The molecule has 1 aliphatic heterocycles. The van der Waals surface area contributed by atoms with Crippen LogP contribution in [0.25, 0.3) is 0 Å². The fourth-order valence-corrected chi connectivity index (χ4v) is 3.29. The van der Waals surface area contributed by atoms with Crippen LogP contribution in [0.3, 0.4) is 0 Å². The largest absolute Gasteiger partial charge is 0.465 e. The number of nitrogens with zero attached hydrogens (tertiary/aromatic N) is 1. The van der Waals surface area contributed by atoms with E-state index in [0.717, 1.165) is 25.8 Å². The SMILES string of the molecule is CCOC(=O)C1(N)CCC(N2CCCC2C)C1. The highest BCUT2D eigenvalue weighted by Crippen LogP contribution is 2.35. The maximum absolute atomic E-state index is 11.8. The van der Waals surface area contributed by atoms with Gasteiger partial charge >= 0.3 is 5.97 Å². The highest BCUT2D eigenvalue weighted by molar-refractivity contribution is 5.81. The Hall–Kier alpha value is -0.610. The summed E-state index contributed by atoms with van der Waals surface area (Å²) in [4.78, 5) is 14.4. The molecule has 2 fully saturated rings. The van der Waals surface area contributed by atoms with E-state index < -0.39 is 5.54 Å². The number of rotatable bonds is 3. The first-order valence-electron chi connectivity index (χ1n) is 6.78. The van der Waals surface area contributed by atoms with Crippen LogP contribution >= 0.6 is 0 Å². The third-order valence-electron chi connectivity index (χ3n) is 4.28. The molecule has 1 heterocycles. The molecule has 2 rings (SSSR count). The molecule has 0 aromatic rings. The van der Waals surface area contributed by atoms with E-state index in [-0.39, 0.29) is 5.97 Å². The first kappa shape index (κ1) is 12.8. The average molecular weight is 240 g/mol. The zero-order valence-corrected chi connectivity index (χ0v) is 10.9. The summed E-state index contributed by atoms with van der Waals surface area (Å²) in [6.07, 6.45) is 5.09. The molecule has 98 valence electrons. The molecule has 0 spiro atoms. The second kappa shape index (κ2) is 4.94. The maximum atomic E-state index is 11.8. The van der Waals surface area contributed by atoms with E-state index in [2.05, 4.69) is 11.8 Å². The van der Waals surface area contributed by atoms with Crippen molar-refractivity contribution in [2.45, 2.75) is 63.6 Å². The van der Waals surface area contributed by atoms with E-state index in [1.807, 2.05) is 6.92 Å². The second-order valence-corrected chi connectivity index (χ2v) is 5.50. The normalized spacial score (nSPS) is 38.5. The summed E-state index contributed by atoms with van der Waals surface area (Å²) >= 11 is 0. The Kier molecular flexibility index (Phi) is 3.73. The molecule has 0 bridgehead atoms. The van der Waals surface area contributed by atoms with Crippen LogP contribution < -0.4 is 5.73 Å². The fraction of sp³-hybridized carbons (Fsp3) is 0.923. The molecule has 3 unspecified atom stereocenters. The van der Waals surface area contributed by atoms with Gasteiger partial charge < -0.3 is 10.5 Å². The number of hydrogen-bond donors (Lipinski definition) is 1. The lowest BCUT2D eigenvalue weighted by Gasteiger charge is -2.29. The van der Waals surface area contributed by atoms with Gasteiger partial charge in [0.15, 0.2) is 0 Å². The first-order chi connectivity index (χ1) is 8.07. The molecule has 4 heteroatoms. The zero-order valence-electron chi connectivity index (χ0n) is 10.9. The van der Waals surface area contributed by atoms with Gasteiger partial charge in [-0.1, -0.05) is 0 Å². The molecule has 0 amide bonds. The molecule has 17 heavy (non-hydrogen) atoms. The summed E-state index contributed by atoms with van der Waals surface area (Å²) < 4.78 is 5.08. The van der Waals surface area contributed by atoms with Crippen molar-refractivity contribution >= 4 is 5.97 Å². The van der Waals surface area contributed by atoms with E-state index >= 15 is 0 Å². The molecule has 0 aromatic carbocycles. The molecule has 2 aliphatic rings. The highest BCUT2D eigenvalue weighted by Gasteiger charge is 2.46. The van der Waals surface area contributed by atoms with Gasteiger partial charge in [0.1, 0.15) is 5.54 Å². The Labute approximate surface area is 103 Å². The Morgan fingerprint density at radius 2 is 2.29 bits per heavy atom. The molecular weight excluding hydrogens is 216 g/mol. The predicted molar refractivity (Wildman–Crippen MR) is 66.6 cm³/mol. The summed E-state index contributed by atoms with van der Waals surface area (Å²) in [5, 5.41) is 0. The third kappa shape index (κ3) is 2.47. The minimum Gasteiger partial charge on any atom is -0.465 e. The quantitative estimate of drug-likeness (QED) is 0.755. The van der Waals surface area contributed by atoms with E-state index in [1.165, 1.54) is 12.8 Å². The van der Waals surface area contributed by atoms with E-state index in [4.69, 9.17) is 10.5 Å². The van der Waals surface area contributed by atoms with Crippen molar-refractivity contribution in [3.63, 3.8) is 0 Å². The molecule has 0 radical (unpaired) electrons. The Balaban J connectivity index is 1.96. The number of ether oxygens (including phenoxy) is 1. The fourth-order valence-electron chi connectivity index (χ4n) is 3.29. The van der Waals surface area contributed by atoms with Gasteiger partial charge in [0.25, 0.3) is 0 Å². The van der Waals surface area contributed by atoms with Crippen LogP contribution in [-0.2, 0) is 9.53 Å². The van der Waals surface area contributed by atoms with Crippen molar-refractivity contribution in [1.82, 2.24) is 4.90 Å². The number of carbonyl (C=O) groups excluding carboxylic acids is 1. The van der Waals surface area contributed by atoms with Crippen LogP contribution in [0.1, 0.15) is 46.0 Å². The van der Waals surface area contributed by atoms with Crippen LogP contribution in [0, 0.1) is 0 Å². The van der Waals surface area contributed by atoms with Crippen molar-refractivity contribution in [3.05, 3.63) is 0 Å². The summed E-state index contributed by atoms with van der Waals surface area (Å²) in [5.74, 6) is -0.214. The highest BCUT2D eigenvalue weighted by atomic mass is 16.5. The van der Waals surface area contributed by atoms with Crippen LogP contribution in [0.2, 0.25) is 0 Å². The molecule has 0 aromatic heterocycles. The molecule has 1 aliphatic carbocycles. The van der Waals surface area contributed by atoms with Crippen molar-refractivity contribution in [2.75, 3.05) is 13.2 Å². The third-order valence-corrected chi connectivity index (χ3v) is 4.28. The summed E-state index contributed by atoms with van der Waals surface area (Å²) in [5.41, 5.74) is 5.46. The minimum atomic E-state index is -0.733. The molecule has 2 N–H and O–H groups in total. The number of nitrogens with two attached hydrogens (primary N) is 1. The van der Waals surface area contributed by atoms with Crippen molar-refractivity contribution < 1.29 is 9.53 Å². The lowest BCUT2D eigenvalue weighted by atomic mass is 9.99. The average Bonchev–Trinajstić information content (AvgIpc) is 2.86. The predicted octanol–water partition coefficient (Wildman–Crippen LogP) is 1.28. The van der Waals surface area contributed by atoms with Gasteiger partial charge in [-0.05, 0) is 52.5 Å². The van der Waals surface area contributed by atoms with Crippen LogP contribution in [-0.4, -0.2) is 41.6 Å². The van der Waals surface area contributed by atoms with Gasteiger partial charge in [0, 0.05) is 12.1 Å². The van der Waals surface area contributed by atoms with E-state index in [1.54, 1.807) is 0 Å². The Morgan fingerprint density at radius 1 is 1.53 bits per heavy atom. The van der Waals surface area contributed by atoms with Crippen molar-refractivity contribution in [1.29, 1.82) is 0 Å². The lowest BCUT2D eigenvalue weighted by Crippen LogP contribution is -2.48. The van der Waals surface area contributed by atoms with E-state index in [9.17, 15) is 4.79 Å². The second-order valence-electron chi connectivity index (χ2n) is 5.50. The zero-order chi connectivity index (χ0) is 12.5. The Morgan fingerprint density at radius 3 is 2.88 bits per heavy atom. The Bertz CT molecular complexity index is 295. The number of hydrogen-bond acceptors (Lipinski definition) is 4.